The SMILES string of the molecule is Bc1ccc2c(ccc[n+]2O)c1. The van der Waals surface area contributed by atoms with Gasteiger partial charge in [-0.25, -0.2) is 0 Å². The first-order valence-electron chi connectivity index (χ1n) is 3.88. The topological polar surface area (TPSA) is 24.1 Å². The molecule has 1 N–H and O–H groups in total. The lowest BCUT2D eigenvalue weighted by molar-refractivity contribution is -0.884. The number of benzene rings is 1. The van der Waals surface area contributed by atoms with E-state index in [0.717, 1.165) is 15.6 Å². The fraction of sp³-hybridized carbons (Fsp3) is 0. The Bertz CT molecular complexity index is 428. The van der Waals surface area contributed by atoms with Crippen molar-refractivity contribution in [2.75, 3.05) is 0 Å². The van der Waals surface area contributed by atoms with E-state index >= 15 is 0 Å². The summed E-state index contributed by atoms with van der Waals surface area (Å²) in [7, 11) is 2.04. The summed E-state index contributed by atoms with van der Waals surface area (Å²) in [5, 5.41) is 10.4. The normalized spacial score (nSPS) is 10.3. The highest BCUT2D eigenvalue weighted by Gasteiger charge is 2.04. The summed E-state index contributed by atoms with van der Waals surface area (Å²) in [4.78, 5) is 0. The number of nitrogens with zero attached hydrogens (tertiary/aromatic N) is 1. The highest BCUT2D eigenvalue weighted by atomic mass is 16.5. The van der Waals surface area contributed by atoms with E-state index in [1.54, 1.807) is 6.20 Å². The van der Waals surface area contributed by atoms with Crippen molar-refractivity contribution < 1.29 is 9.94 Å². The van der Waals surface area contributed by atoms with Crippen LogP contribution in [0.15, 0.2) is 36.5 Å². The third-order valence-electron chi connectivity index (χ3n) is 1.93. The van der Waals surface area contributed by atoms with Gasteiger partial charge in [0.05, 0.1) is 5.39 Å². The van der Waals surface area contributed by atoms with Gasteiger partial charge >= 0.3 is 0 Å². The predicted octanol–water partition coefficient (Wildman–Crippen LogP) is -0.377. The van der Waals surface area contributed by atoms with Crippen molar-refractivity contribution in [3.05, 3.63) is 36.5 Å². The summed E-state index contributed by atoms with van der Waals surface area (Å²) in [5.74, 6) is 0. The molecule has 12 heavy (non-hydrogen) atoms. The maximum Gasteiger partial charge on any atom is 0.264 e. The maximum atomic E-state index is 9.38. The van der Waals surface area contributed by atoms with E-state index in [0.29, 0.717) is 0 Å². The zero-order valence-electron chi connectivity index (χ0n) is 6.86. The van der Waals surface area contributed by atoms with Crippen molar-refractivity contribution in [3.63, 3.8) is 0 Å². The Labute approximate surface area is 71.4 Å². The first kappa shape index (κ1) is 7.16. The van der Waals surface area contributed by atoms with Crippen molar-refractivity contribution in [2.45, 2.75) is 0 Å². The van der Waals surface area contributed by atoms with Crippen LogP contribution in [0.1, 0.15) is 0 Å². The number of fused-ring (bicyclic) bond motifs is 1. The number of aromatic nitrogens is 1. The molecule has 0 aliphatic rings. The molecule has 58 valence electrons. The molecule has 0 amide bonds. The van der Waals surface area contributed by atoms with Crippen molar-refractivity contribution in [1.82, 2.24) is 0 Å². The molecule has 0 bridgehead atoms. The van der Waals surface area contributed by atoms with Crippen LogP contribution in [0.5, 0.6) is 0 Å². The van der Waals surface area contributed by atoms with Gasteiger partial charge in [0, 0.05) is 16.9 Å². The first-order valence-corrected chi connectivity index (χ1v) is 3.88. The van der Waals surface area contributed by atoms with Gasteiger partial charge in [0.15, 0.2) is 0 Å². The Hall–Kier alpha value is -1.51. The lowest BCUT2D eigenvalue weighted by Gasteiger charge is -1.94. The molecule has 0 saturated heterocycles. The number of hydrogen-bond acceptors (Lipinski definition) is 1. The van der Waals surface area contributed by atoms with Crippen molar-refractivity contribution >= 4 is 24.2 Å². The van der Waals surface area contributed by atoms with Crippen LogP contribution in [0.4, 0.5) is 0 Å². The second-order valence-electron chi connectivity index (χ2n) is 2.92. The summed E-state index contributed by atoms with van der Waals surface area (Å²) < 4.78 is 1.13. The van der Waals surface area contributed by atoms with Crippen molar-refractivity contribution in [1.29, 1.82) is 0 Å². The predicted molar refractivity (Wildman–Crippen MR) is 49.5 cm³/mol. The van der Waals surface area contributed by atoms with Crippen LogP contribution < -0.4 is 10.2 Å². The molecule has 0 aliphatic heterocycles. The summed E-state index contributed by atoms with van der Waals surface area (Å²) in [6.45, 7) is 0. The van der Waals surface area contributed by atoms with Crippen molar-refractivity contribution in [3.8, 4) is 0 Å². The van der Waals surface area contributed by atoms with Gasteiger partial charge in [-0.05, 0) is 6.07 Å². The Morgan fingerprint density at radius 2 is 2.08 bits per heavy atom. The Kier molecular flexibility index (Phi) is 1.50. The average Bonchev–Trinajstić information content (AvgIpc) is 2.04. The van der Waals surface area contributed by atoms with Crippen LogP contribution in [0.3, 0.4) is 0 Å². The minimum Gasteiger partial charge on any atom is -0.285 e. The van der Waals surface area contributed by atoms with E-state index in [1.807, 2.05) is 38.2 Å². The van der Waals surface area contributed by atoms with E-state index < -0.39 is 0 Å². The molecule has 3 heteroatoms. The second-order valence-corrected chi connectivity index (χ2v) is 2.92. The lowest BCUT2D eigenvalue weighted by Crippen LogP contribution is -2.30. The zero-order valence-corrected chi connectivity index (χ0v) is 6.86. The first-order chi connectivity index (χ1) is 5.77. The monoisotopic (exact) mass is 158 g/mol. The second kappa shape index (κ2) is 2.52. The lowest BCUT2D eigenvalue weighted by atomic mass is 9.95. The Balaban J connectivity index is 2.86. The number of rotatable bonds is 0. The van der Waals surface area contributed by atoms with Gasteiger partial charge < -0.3 is 0 Å². The largest absolute Gasteiger partial charge is 0.285 e. The van der Waals surface area contributed by atoms with Crippen LogP contribution in [0.25, 0.3) is 10.9 Å². The van der Waals surface area contributed by atoms with E-state index in [9.17, 15) is 5.21 Å². The molecule has 1 aromatic heterocycles. The molecule has 0 aliphatic carbocycles. The molecule has 1 aromatic carbocycles. The van der Waals surface area contributed by atoms with Gasteiger partial charge in [0.1, 0.15) is 7.85 Å². The molecular formula is C9H9BNO+. The quantitative estimate of drug-likeness (QED) is 0.315. The van der Waals surface area contributed by atoms with Gasteiger partial charge in [-0.2, -0.15) is 0 Å². The van der Waals surface area contributed by atoms with Crippen molar-refractivity contribution in [2.24, 2.45) is 0 Å². The fourth-order valence-electron chi connectivity index (χ4n) is 1.32. The van der Waals surface area contributed by atoms with Gasteiger partial charge in [0.25, 0.3) is 5.52 Å². The molecule has 0 fully saturated rings. The van der Waals surface area contributed by atoms with E-state index in [4.69, 9.17) is 0 Å². The molecule has 0 saturated carbocycles. The van der Waals surface area contributed by atoms with Gasteiger partial charge in [-0.1, -0.05) is 17.6 Å². The minimum absolute atomic E-state index is 0.836. The molecule has 1 heterocycles. The van der Waals surface area contributed by atoms with Crippen LogP contribution in [0.2, 0.25) is 0 Å². The van der Waals surface area contributed by atoms with E-state index in [1.165, 1.54) is 5.46 Å². The standard InChI is InChI=1S/C9H9BNO/c10-8-3-4-9-7(6-8)2-1-5-11(9)12/h1-6,12H,10H2/q+1. The van der Waals surface area contributed by atoms with Gasteiger partial charge in [-0.3, -0.25) is 5.21 Å². The van der Waals surface area contributed by atoms with Gasteiger partial charge in [0.2, 0.25) is 6.20 Å². The third-order valence-corrected chi connectivity index (χ3v) is 1.93. The average molecular weight is 158 g/mol. The molecule has 0 unspecified atom stereocenters. The minimum atomic E-state index is 0.836. The highest BCUT2D eigenvalue weighted by molar-refractivity contribution is 6.33. The van der Waals surface area contributed by atoms with Crippen LogP contribution >= 0.6 is 0 Å². The Morgan fingerprint density at radius 1 is 1.25 bits per heavy atom. The summed E-state index contributed by atoms with van der Waals surface area (Å²) in [6, 6.07) is 9.73. The molecule has 0 radical (unpaired) electrons. The zero-order chi connectivity index (χ0) is 8.55. The molecule has 2 nitrogen and oxygen atoms in total. The molecule has 2 rings (SSSR count). The highest BCUT2D eigenvalue weighted by Crippen LogP contribution is 2.04. The Morgan fingerprint density at radius 3 is 2.92 bits per heavy atom. The van der Waals surface area contributed by atoms with E-state index in [2.05, 4.69) is 0 Å². The fourth-order valence-corrected chi connectivity index (χ4v) is 1.32. The molecular weight excluding hydrogens is 149 g/mol. The number of hydrogen-bond donors (Lipinski definition) is 1. The maximum absolute atomic E-state index is 9.38. The summed E-state index contributed by atoms with van der Waals surface area (Å²) >= 11 is 0. The summed E-state index contributed by atoms with van der Waals surface area (Å²) in [5.41, 5.74) is 2.04. The molecule has 0 atom stereocenters. The summed E-state index contributed by atoms with van der Waals surface area (Å²) in [6.07, 6.45) is 1.62. The van der Waals surface area contributed by atoms with Crippen LogP contribution in [-0.2, 0) is 0 Å². The number of pyridine rings is 1. The molecule has 0 spiro atoms. The van der Waals surface area contributed by atoms with E-state index in [-0.39, 0.29) is 0 Å². The smallest absolute Gasteiger partial charge is 0.264 e. The molecule has 2 aromatic rings. The van der Waals surface area contributed by atoms with Gasteiger partial charge in [-0.15, -0.1) is 0 Å². The van der Waals surface area contributed by atoms with Crippen LogP contribution in [-0.4, -0.2) is 13.1 Å². The third kappa shape index (κ3) is 1.03. The van der Waals surface area contributed by atoms with Crippen LogP contribution in [0, 0.1) is 0 Å².